The number of carbonyl (C=O) groups is 5. The Kier molecular flexibility index (Phi) is 6.03. The molecule has 5 amide bonds. The Labute approximate surface area is 164 Å². The molecule has 150 valence electrons. The number of urea groups is 1. The van der Waals surface area contributed by atoms with E-state index in [1.807, 2.05) is 5.32 Å². The second kappa shape index (κ2) is 8.83. The van der Waals surface area contributed by atoms with Gasteiger partial charge in [0.2, 0.25) is 0 Å². The summed E-state index contributed by atoms with van der Waals surface area (Å²) in [5.41, 5.74) is 0.566. The SMILES string of the molecule is O=C(COC(=O)CCN1C(=O)c2ccccc2C1=O)NC(=O)NCc1ccco1. The molecule has 2 heterocycles. The minimum Gasteiger partial charge on any atom is -0.467 e. The van der Waals surface area contributed by atoms with E-state index in [1.54, 1.807) is 24.3 Å². The first-order chi connectivity index (χ1) is 14.0. The zero-order valence-corrected chi connectivity index (χ0v) is 15.2. The fourth-order valence-electron chi connectivity index (χ4n) is 2.65. The molecule has 2 N–H and O–H groups in total. The van der Waals surface area contributed by atoms with Crippen molar-refractivity contribution in [2.24, 2.45) is 0 Å². The fourth-order valence-corrected chi connectivity index (χ4v) is 2.65. The third kappa shape index (κ3) is 4.86. The van der Waals surface area contributed by atoms with Gasteiger partial charge in [-0.1, -0.05) is 12.1 Å². The van der Waals surface area contributed by atoms with Crippen molar-refractivity contribution in [3.63, 3.8) is 0 Å². The van der Waals surface area contributed by atoms with Crippen molar-refractivity contribution < 1.29 is 33.1 Å². The van der Waals surface area contributed by atoms with Crippen LogP contribution in [0, 0.1) is 0 Å². The third-order valence-electron chi connectivity index (χ3n) is 4.04. The van der Waals surface area contributed by atoms with E-state index in [2.05, 4.69) is 5.32 Å². The molecule has 1 aliphatic heterocycles. The minimum atomic E-state index is -0.823. The van der Waals surface area contributed by atoms with E-state index >= 15 is 0 Å². The van der Waals surface area contributed by atoms with Crippen LogP contribution in [0.2, 0.25) is 0 Å². The summed E-state index contributed by atoms with van der Waals surface area (Å²) < 4.78 is 9.79. The van der Waals surface area contributed by atoms with Crippen molar-refractivity contribution in [3.05, 3.63) is 59.5 Å². The molecule has 1 aromatic carbocycles. The molecule has 2 aromatic rings. The van der Waals surface area contributed by atoms with Crippen LogP contribution in [-0.2, 0) is 20.9 Å². The van der Waals surface area contributed by atoms with Crippen molar-refractivity contribution >= 4 is 29.7 Å². The van der Waals surface area contributed by atoms with E-state index in [0.717, 1.165) is 4.90 Å². The molecule has 1 aromatic heterocycles. The largest absolute Gasteiger partial charge is 0.467 e. The van der Waals surface area contributed by atoms with Gasteiger partial charge in [-0.25, -0.2) is 4.79 Å². The highest BCUT2D eigenvalue weighted by atomic mass is 16.5. The lowest BCUT2D eigenvalue weighted by Crippen LogP contribution is -2.41. The van der Waals surface area contributed by atoms with E-state index in [9.17, 15) is 24.0 Å². The molecule has 0 atom stereocenters. The van der Waals surface area contributed by atoms with E-state index in [0.29, 0.717) is 5.76 Å². The maximum absolute atomic E-state index is 12.2. The molecule has 0 radical (unpaired) electrons. The van der Waals surface area contributed by atoms with E-state index < -0.39 is 36.3 Å². The van der Waals surface area contributed by atoms with Gasteiger partial charge in [-0.2, -0.15) is 0 Å². The number of amides is 5. The van der Waals surface area contributed by atoms with Gasteiger partial charge in [0.1, 0.15) is 5.76 Å². The number of nitrogens with one attached hydrogen (secondary N) is 2. The van der Waals surface area contributed by atoms with Crippen LogP contribution in [0.5, 0.6) is 0 Å². The number of furan rings is 1. The minimum absolute atomic E-state index is 0.0895. The molecule has 0 aliphatic carbocycles. The van der Waals surface area contributed by atoms with Crippen LogP contribution in [0.25, 0.3) is 0 Å². The first-order valence-electron chi connectivity index (χ1n) is 8.66. The molecule has 0 saturated carbocycles. The zero-order valence-electron chi connectivity index (χ0n) is 15.2. The van der Waals surface area contributed by atoms with Crippen molar-refractivity contribution in [1.82, 2.24) is 15.5 Å². The van der Waals surface area contributed by atoms with Crippen LogP contribution in [0.3, 0.4) is 0 Å². The molecular weight excluding hydrogens is 382 g/mol. The third-order valence-corrected chi connectivity index (χ3v) is 4.04. The maximum atomic E-state index is 12.2. The second-order valence-electron chi connectivity index (χ2n) is 6.03. The normalized spacial score (nSPS) is 12.5. The second-order valence-corrected chi connectivity index (χ2v) is 6.03. The summed E-state index contributed by atoms with van der Waals surface area (Å²) in [6.07, 6.45) is 1.17. The Morgan fingerprint density at radius 1 is 1.00 bits per heavy atom. The number of nitrogens with zero attached hydrogens (tertiary/aromatic N) is 1. The van der Waals surface area contributed by atoms with Gasteiger partial charge in [-0.3, -0.25) is 29.4 Å². The number of fused-ring (bicyclic) bond motifs is 1. The summed E-state index contributed by atoms with van der Waals surface area (Å²) >= 11 is 0. The number of benzene rings is 1. The molecule has 0 unspecified atom stereocenters. The Morgan fingerprint density at radius 2 is 1.69 bits per heavy atom. The first-order valence-corrected chi connectivity index (χ1v) is 8.66. The fraction of sp³-hybridized carbons (Fsp3) is 0.211. The lowest BCUT2D eigenvalue weighted by atomic mass is 10.1. The van der Waals surface area contributed by atoms with Crippen molar-refractivity contribution in [3.8, 4) is 0 Å². The number of carbonyl (C=O) groups excluding carboxylic acids is 5. The summed E-state index contributed by atoms with van der Waals surface area (Å²) in [6, 6.07) is 8.90. The Bertz CT molecular complexity index is 917. The standard InChI is InChI=1S/C19H17N3O7/c23-15(21-19(27)20-10-12-4-3-9-28-12)11-29-16(24)7-8-22-17(25)13-5-1-2-6-14(13)18(22)26/h1-6,9H,7-8,10-11H2,(H2,20,21,23,27). The molecule has 0 spiro atoms. The van der Waals surface area contributed by atoms with Crippen LogP contribution < -0.4 is 10.6 Å². The molecule has 0 saturated heterocycles. The van der Waals surface area contributed by atoms with Gasteiger partial charge in [0, 0.05) is 6.54 Å². The lowest BCUT2D eigenvalue weighted by molar-refractivity contribution is -0.148. The van der Waals surface area contributed by atoms with Gasteiger partial charge >= 0.3 is 12.0 Å². The summed E-state index contributed by atoms with van der Waals surface area (Å²) in [4.78, 5) is 60.3. The summed E-state index contributed by atoms with van der Waals surface area (Å²) in [5.74, 6) is -2.07. The molecule has 10 nitrogen and oxygen atoms in total. The van der Waals surface area contributed by atoms with Crippen molar-refractivity contribution in [2.75, 3.05) is 13.2 Å². The average molecular weight is 399 g/mol. The van der Waals surface area contributed by atoms with Gasteiger partial charge < -0.3 is 14.5 Å². The Hall–Kier alpha value is -3.95. The summed E-state index contributed by atoms with van der Waals surface area (Å²) in [7, 11) is 0. The highest BCUT2D eigenvalue weighted by molar-refractivity contribution is 6.21. The zero-order chi connectivity index (χ0) is 20.8. The smallest absolute Gasteiger partial charge is 0.321 e. The number of rotatable bonds is 7. The number of esters is 1. The van der Waals surface area contributed by atoms with Gasteiger partial charge in [-0.15, -0.1) is 0 Å². The van der Waals surface area contributed by atoms with Crippen molar-refractivity contribution in [2.45, 2.75) is 13.0 Å². The van der Waals surface area contributed by atoms with Crippen molar-refractivity contribution in [1.29, 1.82) is 0 Å². The predicted molar refractivity (Wildman–Crippen MR) is 96.5 cm³/mol. The first kappa shape index (κ1) is 19.8. The van der Waals surface area contributed by atoms with Crippen LogP contribution >= 0.6 is 0 Å². The molecule has 0 bridgehead atoms. The maximum Gasteiger partial charge on any atom is 0.321 e. The molecule has 3 rings (SSSR count). The Balaban J connectivity index is 1.37. The number of imide groups is 2. The van der Waals surface area contributed by atoms with E-state index in [-0.39, 0.29) is 30.6 Å². The highest BCUT2D eigenvalue weighted by Gasteiger charge is 2.35. The lowest BCUT2D eigenvalue weighted by Gasteiger charge is -2.13. The van der Waals surface area contributed by atoms with Gasteiger partial charge in [0.15, 0.2) is 6.61 Å². The Morgan fingerprint density at radius 3 is 2.31 bits per heavy atom. The van der Waals surface area contributed by atoms with Crippen LogP contribution in [0.4, 0.5) is 4.79 Å². The quantitative estimate of drug-likeness (QED) is 0.520. The highest BCUT2D eigenvalue weighted by Crippen LogP contribution is 2.22. The molecule has 10 heteroatoms. The van der Waals surface area contributed by atoms with Gasteiger partial charge in [0.05, 0.1) is 30.4 Å². The molecule has 1 aliphatic rings. The summed E-state index contributed by atoms with van der Waals surface area (Å²) in [5, 5.41) is 4.39. The topological polar surface area (TPSA) is 135 Å². The summed E-state index contributed by atoms with van der Waals surface area (Å²) in [6.45, 7) is -0.752. The molecule has 29 heavy (non-hydrogen) atoms. The van der Waals surface area contributed by atoms with E-state index in [4.69, 9.17) is 9.15 Å². The average Bonchev–Trinajstić information content (AvgIpc) is 3.31. The predicted octanol–water partition coefficient (Wildman–Crippen LogP) is 0.835. The molecule has 0 fully saturated rings. The monoisotopic (exact) mass is 399 g/mol. The van der Waals surface area contributed by atoms with Crippen LogP contribution in [-0.4, -0.2) is 47.8 Å². The number of ether oxygens (including phenoxy) is 1. The van der Waals surface area contributed by atoms with Crippen LogP contribution in [0.1, 0.15) is 32.9 Å². The van der Waals surface area contributed by atoms with Gasteiger partial charge in [0.25, 0.3) is 17.7 Å². The van der Waals surface area contributed by atoms with E-state index in [1.165, 1.54) is 18.4 Å². The molecular formula is C19H17N3O7. The van der Waals surface area contributed by atoms with Gasteiger partial charge in [-0.05, 0) is 24.3 Å². The van der Waals surface area contributed by atoms with Crippen LogP contribution in [0.15, 0.2) is 47.1 Å². The number of hydrogen-bond acceptors (Lipinski definition) is 7. The number of hydrogen-bond donors (Lipinski definition) is 2.